The van der Waals surface area contributed by atoms with Gasteiger partial charge in [0.2, 0.25) is 59.2 Å². The van der Waals surface area contributed by atoms with E-state index >= 15 is 0 Å². The molecule has 0 bridgehead atoms. The molecule has 0 radical (unpaired) electrons. The normalized spacial score (nSPS) is 15.5. The second-order valence-corrected chi connectivity index (χ2v) is 23.7. The number of ketones is 1. The van der Waals surface area contributed by atoms with Crippen molar-refractivity contribution in [1.82, 2.24) is 47.4 Å². The van der Waals surface area contributed by atoms with Crippen LogP contribution in [0.5, 0.6) is 0 Å². The summed E-state index contributed by atoms with van der Waals surface area (Å²) >= 11 is 0. The van der Waals surface area contributed by atoms with Crippen molar-refractivity contribution in [2.24, 2.45) is 29.1 Å². The van der Waals surface area contributed by atoms with E-state index in [9.17, 15) is 57.5 Å². The van der Waals surface area contributed by atoms with Crippen LogP contribution >= 0.6 is 0 Å². The second-order valence-electron chi connectivity index (χ2n) is 23.7. The number of ether oxygens (including phenoxy) is 3. The van der Waals surface area contributed by atoms with Gasteiger partial charge in [0, 0.05) is 51.4 Å². The van der Waals surface area contributed by atoms with Crippen molar-refractivity contribution in [3.8, 4) is 0 Å². The van der Waals surface area contributed by atoms with E-state index in [2.05, 4.69) is 37.2 Å². The summed E-state index contributed by atoms with van der Waals surface area (Å²) in [6.45, 7) is 23.8. The van der Waals surface area contributed by atoms with Gasteiger partial charge < -0.3 is 71.9 Å². The maximum Gasteiger partial charge on any atom is 0.338 e. The van der Waals surface area contributed by atoms with Gasteiger partial charge in [0.25, 0.3) is 0 Å². The molecule has 1 heterocycles. The Hall–Kier alpha value is -6.28. The van der Waals surface area contributed by atoms with Crippen LogP contribution in [0.15, 0.2) is 0 Å². The zero-order valence-electron chi connectivity index (χ0n) is 51.6. The van der Waals surface area contributed by atoms with Crippen LogP contribution in [-0.4, -0.2) is 187 Å². The molecule has 0 saturated carbocycles. The van der Waals surface area contributed by atoms with Crippen LogP contribution in [0.4, 0.5) is 0 Å². The molecule has 1 saturated heterocycles. The highest BCUT2D eigenvalue weighted by Crippen LogP contribution is 2.29. The Morgan fingerprint density at radius 1 is 0.614 bits per heavy atom. The smallest absolute Gasteiger partial charge is 0.338 e. The van der Waals surface area contributed by atoms with Gasteiger partial charge in [0.05, 0.1) is 56.1 Å². The molecule has 0 aliphatic carbocycles. The number of unbranched alkanes of at least 4 members (excludes halogenated alkanes) is 1. The van der Waals surface area contributed by atoms with E-state index in [-0.39, 0.29) is 75.3 Å². The lowest BCUT2D eigenvalue weighted by Crippen LogP contribution is -2.58. The summed E-state index contributed by atoms with van der Waals surface area (Å²) in [6, 6.07) is -6.57. The summed E-state index contributed by atoms with van der Waals surface area (Å²) in [5.41, 5.74) is -1.79. The van der Waals surface area contributed by atoms with E-state index in [4.69, 9.17) is 24.4 Å². The maximum absolute atomic E-state index is 13.9. The number of rotatable bonds is 41. The number of carbonyl (C=O) groups excluding carboxylic acids is 10. The molecular formula is C57H99N9O17. The summed E-state index contributed by atoms with van der Waals surface area (Å²) in [4.78, 5) is 156. The monoisotopic (exact) mass is 1180 g/mol. The molecule has 9 amide bonds. The van der Waals surface area contributed by atoms with Crippen molar-refractivity contribution in [2.45, 2.75) is 202 Å². The Bertz CT molecular complexity index is 2190. The first-order valence-corrected chi connectivity index (χ1v) is 29.0. The lowest BCUT2D eigenvalue weighted by Gasteiger charge is -2.31. The van der Waals surface area contributed by atoms with Crippen LogP contribution in [0.25, 0.3) is 0 Å². The maximum atomic E-state index is 13.9. The topological polar surface area (TPSA) is 372 Å². The fraction of sp³-hybridized carbons (Fsp3) is 0.789. The van der Waals surface area contributed by atoms with E-state index in [1.807, 2.05) is 48.5 Å². The number of methoxy groups -OCH3 is 1. The summed E-state index contributed by atoms with van der Waals surface area (Å²) in [7, 11) is 1.61. The van der Waals surface area contributed by atoms with E-state index in [0.717, 1.165) is 0 Å². The first-order chi connectivity index (χ1) is 38.7. The largest absolute Gasteiger partial charge is 0.479 e. The predicted molar refractivity (Wildman–Crippen MR) is 306 cm³/mol. The summed E-state index contributed by atoms with van der Waals surface area (Å²) in [5, 5.41) is 38.3. The van der Waals surface area contributed by atoms with Gasteiger partial charge in [0.15, 0.2) is 5.78 Å². The molecule has 6 atom stereocenters. The zero-order chi connectivity index (χ0) is 63.4. The minimum Gasteiger partial charge on any atom is -0.479 e. The third-order valence-electron chi connectivity index (χ3n) is 14.7. The van der Waals surface area contributed by atoms with Gasteiger partial charge in [0.1, 0.15) is 18.1 Å². The highest BCUT2D eigenvalue weighted by molar-refractivity contribution is 6.02. The molecule has 0 aromatic rings. The number of hydrogen-bond donors (Lipinski definition) is 10. The van der Waals surface area contributed by atoms with E-state index in [1.54, 1.807) is 54.0 Å². The summed E-state index contributed by atoms with van der Waals surface area (Å²) in [6.07, 6.45) is 3.10. The summed E-state index contributed by atoms with van der Waals surface area (Å²) < 4.78 is 17.0. The van der Waals surface area contributed by atoms with E-state index < -0.39 is 131 Å². The van der Waals surface area contributed by atoms with Crippen molar-refractivity contribution in [1.29, 1.82) is 0 Å². The first-order valence-electron chi connectivity index (χ1n) is 29.0. The van der Waals surface area contributed by atoms with Gasteiger partial charge in [-0.15, -0.1) is 0 Å². The minimum absolute atomic E-state index is 0.0338. The van der Waals surface area contributed by atoms with Crippen LogP contribution < -0.4 is 42.5 Å². The van der Waals surface area contributed by atoms with Crippen molar-refractivity contribution in [3.05, 3.63) is 0 Å². The number of hydrogen-bond acceptors (Lipinski definition) is 15. The average Bonchev–Trinajstić information content (AvgIpc) is 4.03. The lowest BCUT2D eigenvalue weighted by atomic mass is 9.76. The average molecular weight is 1180 g/mol. The number of amides is 9. The molecule has 26 heteroatoms. The number of carbonyl (C=O) groups is 12. The van der Waals surface area contributed by atoms with Crippen LogP contribution in [0.3, 0.4) is 0 Å². The van der Waals surface area contributed by atoms with Gasteiger partial charge in [-0.2, -0.15) is 0 Å². The number of aliphatic carboxylic acids is 2. The Morgan fingerprint density at radius 3 is 1.72 bits per heavy atom. The van der Waals surface area contributed by atoms with Crippen LogP contribution in [-0.2, 0) is 71.7 Å². The third kappa shape index (κ3) is 27.8. The van der Waals surface area contributed by atoms with E-state index in [0.29, 0.717) is 58.3 Å². The molecule has 0 aromatic carbocycles. The van der Waals surface area contributed by atoms with Gasteiger partial charge >= 0.3 is 11.9 Å². The molecule has 10 N–H and O–H groups in total. The highest BCUT2D eigenvalue weighted by atomic mass is 16.6. The van der Waals surface area contributed by atoms with Crippen LogP contribution in [0.2, 0.25) is 0 Å². The number of nitrogens with one attached hydrogen (secondary N) is 8. The molecule has 1 rings (SSSR count). The fourth-order valence-electron chi connectivity index (χ4n) is 8.85. The quantitative estimate of drug-likeness (QED) is 0.0306. The molecule has 474 valence electrons. The molecule has 6 unspecified atom stereocenters. The number of carboxylic acids is 2. The third-order valence-corrected chi connectivity index (χ3v) is 14.7. The Kier molecular flexibility index (Phi) is 32.8. The molecule has 0 spiro atoms. The van der Waals surface area contributed by atoms with Gasteiger partial charge in [-0.05, 0) is 90.4 Å². The van der Waals surface area contributed by atoms with Crippen molar-refractivity contribution in [2.75, 3.05) is 59.7 Å². The van der Waals surface area contributed by atoms with Crippen LogP contribution in [0.1, 0.15) is 161 Å². The van der Waals surface area contributed by atoms with Crippen LogP contribution in [0, 0.1) is 29.1 Å². The first kappa shape index (κ1) is 74.7. The Morgan fingerprint density at radius 2 is 1.18 bits per heavy atom. The molecule has 1 aliphatic rings. The zero-order valence-corrected chi connectivity index (χ0v) is 51.6. The minimum atomic E-state index is -2.25. The number of likely N-dealkylation sites (tertiary alicyclic amines) is 1. The van der Waals surface area contributed by atoms with Gasteiger partial charge in [-0.3, -0.25) is 47.9 Å². The van der Waals surface area contributed by atoms with Crippen molar-refractivity contribution >= 4 is 70.9 Å². The van der Waals surface area contributed by atoms with Crippen molar-refractivity contribution < 1.29 is 82.0 Å². The summed E-state index contributed by atoms with van der Waals surface area (Å²) in [5.74, 6) is -11.2. The van der Waals surface area contributed by atoms with E-state index in [1.165, 1.54) is 4.90 Å². The second kappa shape index (κ2) is 36.4. The molecule has 83 heavy (non-hydrogen) atoms. The molecule has 1 fully saturated rings. The molecule has 1 aliphatic heterocycles. The number of Topliss-reactive ketones (excluding diaryl/α,β-unsaturated/α-hetero) is 1. The molecule has 26 nitrogen and oxygen atoms in total. The molecular weight excluding hydrogens is 1080 g/mol. The lowest BCUT2D eigenvalue weighted by molar-refractivity contribution is -0.153. The standard InChI is InChI=1S/C57H99N9O17/c1-15-36(8)46(52(76)60-30-43(70)63-47(53(77)78)54(79)80)65-50(74)39(28-34(4)5)62-42(69)29-59-51(75)45(35(6)7)64-49(73)37-23-26-66(31-37)44(71)22-21-41(68)61-38(48(72)57(13,16-2)17-3)20-18-19-25-58-40(67)24-27-82-56(11,12)33-83-55(9,10)32-81-14/h34-39,45-47H,15-33H2,1-14H3,(H,58,67)(H,59,75)(H,60,76)(H,61,68)(H,62,69)(H,63,70)(H,64,73)(H,65,74)(H,77,78)(H,79,80). The molecule has 0 aromatic heterocycles. The van der Waals surface area contributed by atoms with Crippen molar-refractivity contribution in [3.63, 3.8) is 0 Å². The number of carboxylic acid groups (broad SMARTS) is 2. The Balaban J connectivity index is 2.82. The highest BCUT2D eigenvalue weighted by Gasteiger charge is 2.38. The van der Waals surface area contributed by atoms with Gasteiger partial charge in [-0.25, -0.2) is 9.59 Å². The number of nitrogens with zero attached hydrogens (tertiary/aromatic N) is 1. The Labute approximate surface area is 489 Å². The predicted octanol–water partition coefficient (Wildman–Crippen LogP) is 1.50. The van der Waals surface area contributed by atoms with Gasteiger partial charge in [-0.1, -0.05) is 68.7 Å². The SMILES string of the molecule is CCC(C)C(NC(=O)C(CC(C)C)NC(=O)CNC(=O)C(NC(=O)C1CCN(C(=O)CCC(=O)NC(CCCCNC(=O)CCOC(C)(C)COC(C)(C)COC)C(=O)C(C)(CC)CC)C1)C(C)C)C(=O)NCC(=O)NC(C(=O)O)C(=O)O. The fourth-order valence-corrected chi connectivity index (χ4v) is 8.85.